The maximum atomic E-state index is 11.9. The minimum absolute atomic E-state index is 0.100. The zero-order chi connectivity index (χ0) is 18.9. The van der Waals surface area contributed by atoms with Crippen LogP contribution >= 0.6 is 11.6 Å². The summed E-state index contributed by atoms with van der Waals surface area (Å²) in [7, 11) is 0. The third kappa shape index (κ3) is 6.08. The van der Waals surface area contributed by atoms with Crippen LogP contribution in [0.25, 0.3) is 0 Å². The Morgan fingerprint density at radius 2 is 1.62 bits per heavy atom. The largest absolute Gasteiger partial charge is 0.455 e. The number of esters is 1. The zero-order valence-corrected chi connectivity index (χ0v) is 15.8. The molecule has 0 aromatic heterocycles. The Hall–Kier alpha value is -2.53. The van der Waals surface area contributed by atoms with E-state index in [1.165, 1.54) is 0 Å². The van der Waals surface area contributed by atoms with Gasteiger partial charge < -0.3 is 15.0 Å². The molecule has 6 heteroatoms. The standard InChI is InChI=1S/C20H23ClN2O3/c1-3-23(4-2)18-11-9-17(10-12-18)22-19(24)14-26-20(25)13-15-5-7-16(21)8-6-15/h5-12H,3-4,13-14H2,1-2H3,(H,22,24). The van der Waals surface area contributed by atoms with Crippen LogP contribution in [-0.2, 0) is 20.7 Å². The second-order valence-electron chi connectivity index (χ2n) is 5.73. The van der Waals surface area contributed by atoms with Gasteiger partial charge in [0.25, 0.3) is 5.91 Å². The Morgan fingerprint density at radius 1 is 1.00 bits per heavy atom. The monoisotopic (exact) mass is 374 g/mol. The van der Waals surface area contributed by atoms with Crippen molar-refractivity contribution in [1.29, 1.82) is 0 Å². The molecule has 2 aromatic rings. The van der Waals surface area contributed by atoms with Crippen molar-refractivity contribution >= 4 is 34.9 Å². The first-order chi connectivity index (χ1) is 12.5. The summed E-state index contributed by atoms with van der Waals surface area (Å²) >= 11 is 5.80. The Kier molecular flexibility index (Phi) is 7.48. The van der Waals surface area contributed by atoms with Crippen LogP contribution < -0.4 is 10.2 Å². The maximum Gasteiger partial charge on any atom is 0.310 e. The Morgan fingerprint density at radius 3 is 2.19 bits per heavy atom. The summed E-state index contributed by atoms with van der Waals surface area (Å²) in [4.78, 5) is 25.9. The lowest BCUT2D eigenvalue weighted by atomic mass is 10.1. The number of amides is 1. The van der Waals surface area contributed by atoms with Crippen molar-refractivity contribution in [3.05, 3.63) is 59.1 Å². The van der Waals surface area contributed by atoms with E-state index in [1.54, 1.807) is 24.3 Å². The van der Waals surface area contributed by atoms with Crippen molar-refractivity contribution < 1.29 is 14.3 Å². The molecule has 0 saturated carbocycles. The number of hydrogen-bond donors (Lipinski definition) is 1. The van der Waals surface area contributed by atoms with Crippen LogP contribution in [0.5, 0.6) is 0 Å². The highest BCUT2D eigenvalue weighted by molar-refractivity contribution is 6.30. The Bertz CT molecular complexity index is 726. The predicted octanol–water partition coefficient (Wildman–Crippen LogP) is 3.91. The molecule has 0 radical (unpaired) electrons. The number of benzene rings is 2. The average molecular weight is 375 g/mol. The quantitative estimate of drug-likeness (QED) is 0.712. The maximum absolute atomic E-state index is 11.9. The van der Waals surface area contributed by atoms with E-state index in [4.69, 9.17) is 16.3 Å². The fourth-order valence-electron chi connectivity index (χ4n) is 2.51. The van der Waals surface area contributed by atoms with Gasteiger partial charge in [0.1, 0.15) is 0 Å². The summed E-state index contributed by atoms with van der Waals surface area (Å²) < 4.78 is 5.01. The lowest BCUT2D eigenvalue weighted by molar-refractivity contribution is -0.146. The number of nitrogens with zero attached hydrogens (tertiary/aromatic N) is 1. The molecule has 0 fully saturated rings. The number of carbonyl (C=O) groups is 2. The zero-order valence-electron chi connectivity index (χ0n) is 15.0. The summed E-state index contributed by atoms with van der Waals surface area (Å²) in [6.45, 7) is 5.72. The molecule has 0 saturated heterocycles. The molecule has 0 aliphatic heterocycles. The van der Waals surface area contributed by atoms with Gasteiger partial charge in [-0.2, -0.15) is 0 Å². The van der Waals surface area contributed by atoms with E-state index in [0.717, 1.165) is 24.3 Å². The number of nitrogens with one attached hydrogen (secondary N) is 1. The van der Waals surface area contributed by atoms with E-state index in [9.17, 15) is 9.59 Å². The molecular formula is C20H23ClN2O3. The molecule has 0 aliphatic carbocycles. The van der Waals surface area contributed by atoms with Gasteiger partial charge in [-0.1, -0.05) is 23.7 Å². The van der Waals surface area contributed by atoms with Crippen molar-refractivity contribution in [3.8, 4) is 0 Å². The lowest BCUT2D eigenvalue weighted by Gasteiger charge is -2.21. The first-order valence-corrected chi connectivity index (χ1v) is 8.94. The molecule has 26 heavy (non-hydrogen) atoms. The summed E-state index contributed by atoms with van der Waals surface area (Å²) in [5.74, 6) is -0.829. The summed E-state index contributed by atoms with van der Waals surface area (Å²) in [6, 6.07) is 14.5. The predicted molar refractivity (Wildman–Crippen MR) is 105 cm³/mol. The minimum Gasteiger partial charge on any atom is -0.455 e. The van der Waals surface area contributed by atoms with Crippen molar-refractivity contribution in [1.82, 2.24) is 0 Å². The molecule has 0 unspecified atom stereocenters. The molecule has 2 aromatic carbocycles. The van der Waals surface area contributed by atoms with E-state index in [0.29, 0.717) is 10.7 Å². The number of halogens is 1. The van der Waals surface area contributed by atoms with Gasteiger partial charge in [-0.3, -0.25) is 9.59 Å². The first kappa shape index (κ1) is 19.8. The Labute approximate surface area is 158 Å². The lowest BCUT2D eigenvalue weighted by Crippen LogP contribution is -2.22. The number of ether oxygens (including phenoxy) is 1. The van der Waals surface area contributed by atoms with E-state index in [-0.39, 0.29) is 18.9 Å². The van der Waals surface area contributed by atoms with Crippen LogP contribution in [0.3, 0.4) is 0 Å². The second kappa shape index (κ2) is 9.82. The molecule has 1 N–H and O–H groups in total. The molecule has 5 nitrogen and oxygen atoms in total. The van der Waals surface area contributed by atoms with Crippen molar-refractivity contribution in [3.63, 3.8) is 0 Å². The van der Waals surface area contributed by atoms with Crippen molar-refractivity contribution in [2.45, 2.75) is 20.3 Å². The average Bonchev–Trinajstić information content (AvgIpc) is 2.64. The van der Waals surface area contributed by atoms with Gasteiger partial charge in [0.05, 0.1) is 6.42 Å². The van der Waals surface area contributed by atoms with E-state index >= 15 is 0 Å². The highest BCUT2D eigenvalue weighted by Gasteiger charge is 2.09. The molecule has 138 valence electrons. The highest BCUT2D eigenvalue weighted by atomic mass is 35.5. The topological polar surface area (TPSA) is 58.6 Å². The molecular weight excluding hydrogens is 352 g/mol. The summed E-state index contributed by atoms with van der Waals surface area (Å²) in [5.41, 5.74) is 2.55. The van der Waals surface area contributed by atoms with Gasteiger partial charge in [0.15, 0.2) is 6.61 Å². The van der Waals surface area contributed by atoms with Gasteiger partial charge in [-0.25, -0.2) is 0 Å². The summed E-state index contributed by atoms with van der Waals surface area (Å²) in [6.07, 6.45) is 0.100. The van der Waals surface area contributed by atoms with Crippen molar-refractivity contribution in [2.75, 3.05) is 29.9 Å². The molecule has 0 heterocycles. The molecule has 1 amide bonds. The molecule has 0 bridgehead atoms. The van der Waals surface area contributed by atoms with Crippen LogP contribution in [0.2, 0.25) is 5.02 Å². The highest BCUT2D eigenvalue weighted by Crippen LogP contribution is 2.17. The number of carbonyl (C=O) groups excluding carboxylic acids is 2. The fourth-order valence-corrected chi connectivity index (χ4v) is 2.63. The summed E-state index contributed by atoms with van der Waals surface area (Å²) in [5, 5.41) is 3.32. The molecule has 0 spiro atoms. The van der Waals surface area contributed by atoms with Crippen LogP contribution in [0.15, 0.2) is 48.5 Å². The van der Waals surface area contributed by atoms with Gasteiger partial charge in [0, 0.05) is 29.5 Å². The third-order valence-corrected chi connectivity index (χ3v) is 4.16. The number of rotatable bonds is 8. The van der Waals surface area contributed by atoms with Crippen LogP contribution in [0, 0.1) is 0 Å². The minimum atomic E-state index is -0.459. The van der Waals surface area contributed by atoms with Crippen LogP contribution in [0.1, 0.15) is 19.4 Å². The van der Waals surface area contributed by atoms with E-state index in [2.05, 4.69) is 24.1 Å². The SMILES string of the molecule is CCN(CC)c1ccc(NC(=O)COC(=O)Cc2ccc(Cl)cc2)cc1. The smallest absolute Gasteiger partial charge is 0.310 e. The van der Waals surface area contributed by atoms with E-state index in [1.807, 2.05) is 24.3 Å². The van der Waals surface area contributed by atoms with Crippen LogP contribution in [-0.4, -0.2) is 31.6 Å². The Balaban J connectivity index is 1.79. The van der Waals surface area contributed by atoms with Gasteiger partial charge >= 0.3 is 5.97 Å². The van der Waals surface area contributed by atoms with Gasteiger partial charge in [-0.05, 0) is 55.8 Å². The normalized spacial score (nSPS) is 10.3. The van der Waals surface area contributed by atoms with Crippen LogP contribution in [0.4, 0.5) is 11.4 Å². The molecule has 0 atom stereocenters. The fraction of sp³-hybridized carbons (Fsp3) is 0.300. The second-order valence-corrected chi connectivity index (χ2v) is 6.17. The molecule has 2 rings (SSSR count). The van der Waals surface area contributed by atoms with E-state index < -0.39 is 5.97 Å². The third-order valence-electron chi connectivity index (χ3n) is 3.91. The van der Waals surface area contributed by atoms with Gasteiger partial charge in [-0.15, -0.1) is 0 Å². The molecule has 0 aliphatic rings. The number of hydrogen-bond acceptors (Lipinski definition) is 4. The van der Waals surface area contributed by atoms with Crippen molar-refractivity contribution in [2.24, 2.45) is 0 Å². The number of anilines is 2. The van der Waals surface area contributed by atoms with Gasteiger partial charge in [0.2, 0.25) is 0 Å². The first-order valence-electron chi connectivity index (χ1n) is 8.56.